The molecule has 0 saturated heterocycles. The number of aromatic amines is 1. The van der Waals surface area contributed by atoms with Gasteiger partial charge in [-0.25, -0.2) is 0 Å². The van der Waals surface area contributed by atoms with Crippen LogP contribution < -0.4 is 5.56 Å². The third-order valence-corrected chi connectivity index (χ3v) is 2.48. The maximum Gasteiger partial charge on any atom is 0.419 e. The first-order valence-electron chi connectivity index (χ1n) is 3.83. The van der Waals surface area contributed by atoms with E-state index in [-0.39, 0.29) is 5.69 Å². The largest absolute Gasteiger partial charge is 0.419 e. The lowest BCUT2D eigenvalue weighted by molar-refractivity contribution is -0.137. The summed E-state index contributed by atoms with van der Waals surface area (Å²) >= 11 is 10.6. The molecule has 1 aromatic heterocycles. The quantitative estimate of drug-likeness (QED) is 0.853. The number of H-pyrrole nitrogens is 1. The number of alkyl halides is 3. The molecule has 1 N–H and O–H groups in total. The van der Waals surface area contributed by atoms with Crippen molar-refractivity contribution in [3.8, 4) is 6.07 Å². The summed E-state index contributed by atoms with van der Waals surface area (Å²) in [6.07, 6.45) is -5.28. The van der Waals surface area contributed by atoms with E-state index in [0.717, 1.165) is 0 Å². The average Bonchev–Trinajstić information content (AvgIpc) is 2.12. The van der Waals surface area contributed by atoms with Gasteiger partial charge in [-0.05, 0) is 0 Å². The van der Waals surface area contributed by atoms with Gasteiger partial charge in [-0.2, -0.15) is 18.4 Å². The SMILES string of the molecule is N#CCc1[nH]c(=O)c(Cl)c(C(F)(F)F)c1Cl. The van der Waals surface area contributed by atoms with Crippen LogP contribution in [0.2, 0.25) is 10.0 Å². The third-order valence-electron chi connectivity index (χ3n) is 1.71. The number of nitrogens with zero attached hydrogens (tertiary/aromatic N) is 1. The number of aromatic nitrogens is 1. The Labute approximate surface area is 97.4 Å². The summed E-state index contributed by atoms with van der Waals surface area (Å²) in [5.41, 5.74) is -2.83. The first-order valence-corrected chi connectivity index (χ1v) is 4.59. The Morgan fingerprint density at radius 3 is 2.31 bits per heavy atom. The van der Waals surface area contributed by atoms with Gasteiger partial charge in [0.1, 0.15) is 10.6 Å². The lowest BCUT2D eigenvalue weighted by Crippen LogP contribution is -2.19. The van der Waals surface area contributed by atoms with Crippen molar-refractivity contribution in [3.05, 3.63) is 31.7 Å². The molecular weight excluding hydrogens is 268 g/mol. The van der Waals surface area contributed by atoms with Crippen LogP contribution in [-0.4, -0.2) is 4.98 Å². The molecule has 0 unspecified atom stereocenters. The Hall–Kier alpha value is -1.19. The molecule has 0 saturated carbocycles. The molecule has 0 aliphatic carbocycles. The van der Waals surface area contributed by atoms with Crippen LogP contribution in [0.4, 0.5) is 13.2 Å². The smallest absolute Gasteiger partial charge is 0.322 e. The zero-order valence-electron chi connectivity index (χ0n) is 7.45. The minimum atomic E-state index is -4.84. The lowest BCUT2D eigenvalue weighted by atomic mass is 10.2. The Bertz CT molecular complexity index is 516. The fourth-order valence-corrected chi connectivity index (χ4v) is 1.67. The molecule has 86 valence electrons. The fraction of sp³-hybridized carbons (Fsp3) is 0.250. The Kier molecular flexibility index (Phi) is 3.51. The van der Waals surface area contributed by atoms with E-state index in [9.17, 15) is 18.0 Å². The number of hydrogen-bond donors (Lipinski definition) is 1. The second-order valence-electron chi connectivity index (χ2n) is 2.77. The summed E-state index contributed by atoms with van der Waals surface area (Å²) in [5, 5.41) is 6.57. The van der Waals surface area contributed by atoms with Crippen LogP contribution in [0.5, 0.6) is 0 Å². The van der Waals surface area contributed by atoms with Crippen molar-refractivity contribution in [1.29, 1.82) is 5.26 Å². The van der Waals surface area contributed by atoms with E-state index in [1.54, 1.807) is 6.07 Å². The molecule has 0 amide bonds. The highest BCUT2D eigenvalue weighted by molar-refractivity contribution is 6.36. The molecule has 16 heavy (non-hydrogen) atoms. The maximum absolute atomic E-state index is 12.5. The van der Waals surface area contributed by atoms with Crippen LogP contribution in [0, 0.1) is 11.3 Å². The minimum Gasteiger partial charge on any atom is -0.322 e. The molecule has 0 fully saturated rings. The molecule has 1 heterocycles. The predicted octanol–water partition coefficient (Wildman–Crippen LogP) is 2.77. The number of nitrogens with one attached hydrogen (secondary N) is 1. The van der Waals surface area contributed by atoms with Crippen molar-refractivity contribution >= 4 is 23.2 Å². The zero-order valence-corrected chi connectivity index (χ0v) is 8.96. The van der Waals surface area contributed by atoms with E-state index in [4.69, 9.17) is 28.5 Å². The molecule has 3 nitrogen and oxygen atoms in total. The van der Waals surface area contributed by atoms with Gasteiger partial charge in [0.25, 0.3) is 5.56 Å². The predicted molar refractivity (Wildman–Crippen MR) is 51.4 cm³/mol. The molecule has 1 aromatic rings. The van der Waals surface area contributed by atoms with E-state index in [1.165, 1.54) is 0 Å². The van der Waals surface area contributed by atoms with Gasteiger partial charge in [0.2, 0.25) is 0 Å². The topological polar surface area (TPSA) is 56.6 Å². The van der Waals surface area contributed by atoms with Gasteiger partial charge in [-0.3, -0.25) is 4.79 Å². The molecule has 8 heteroatoms. The Morgan fingerprint density at radius 1 is 1.31 bits per heavy atom. The Balaban J connectivity index is 3.60. The summed E-state index contributed by atoms with van der Waals surface area (Å²) < 4.78 is 37.5. The molecule has 0 atom stereocenters. The van der Waals surface area contributed by atoms with Crippen molar-refractivity contribution in [2.45, 2.75) is 12.6 Å². The van der Waals surface area contributed by atoms with Gasteiger partial charge in [-0.1, -0.05) is 23.2 Å². The van der Waals surface area contributed by atoms with Crippen molar-refractivity contribution in [2.24, 2.45) is 0 Å². The van der Waals surface area contributed by atoms with Crippen LogP contribution in [0.1, 0.15) is 11.3 Å². The van der Waals surface area contributed by atoms with Gasteiger partial charge >= 0.3 is 6.18 Å². The monoisotopic (exact) mass is 270 g/mol. The average molecular weight is 271 g/mol. The van der Waals surface area contributed by atoms with Gasteiger partial charge in [0, 0.05) is 0 Å². The highest BCUT2D eigenvalue weighted by atomic mass is 35.5. The van der Waals surface area contributed by atoms with Crippen molar-refractivity contribution in [2.75, 3.05) is 0 Å². The fourth-order valence-electron chi connectivity index (χ4n) is 1.06. The van der Waals surface area contributed by atoms with Crippen LogP contribution in [0.25, 0.3) is 0 Å². The summed E-state index contributed by atoms with van der Waals surface area (Å²) in [5.74, 6) is 0. The molecule has 0 radical (unpaired) electrons. The van der Waals surface area contributed by atoms with E-state index in [2.05, 4.69) is 0 Å². The molecule has 0 bridgehead atoms. The van der Waals surface area contributed by atoms with E-state index in [1.807, 2.05) is 4.98 Å². The number of nitriles is 1. The molecule has 1 rings (SSSR count). The van der Waals surface area contributed by atoms with Gasteiger partial charge in [-0.15, -0.1) is 0 Å². The minimum absolute atomic E-state index is 0.300. The van der Waals surface area contributed by atoms with Crippen LogP contribution in [0.15, 0.2) is 4.79 Å². The number of rotatable bonds is 1. The molecule has 0 aromatic carbocycles. The maximum atomic E-state index is 12.5. The van der Waals surface area contributed by atoms with Crippen LogP contribution in [0.3, 0.4) is 0 Å². The number of halogens is 5. The second kappa shape index (κ2) is 4.36. The zero-order chi connectivity index (χ0) is 12.5. The van der Waals surface area contributed by atoms with Crippen LogP contribution in [-0.2, 0) is 12.6 Å². The Morgan fingerprint density at radius 2 is 1.88 bits per heavy atom. The number of hydrogen-bond acceptors (Lipinski definition) is 2. The lowest BCUT2D eigenvalue weighted by Gasteiger charge is -2.12. The van der Waals surface area contributed by atoms with E-state index >= 15 is 0 Å². The highest BCUT2D eigenvalue weighted by Gasteiger charge is 2.38. The van der Waals surface area contributed by atoms with Gasteiger partial charge < -0.3 is 4.98 Å². The van der Waals surface area contributed by atoms with Gasteiger partial charge in [0.05, 0.1) is 23.2 Å². The summed E-state index contributed by atoms with van der Waals surface area (Å²) in [7, 11) is 0. The summed E-state index contributed by atoms with van der Waals surface area (Å²) in [4.78, 5) is 13.1. The van der Waals surface area contributed by atoms with E-state index < -0.39 is 33.8 Å². The summed E-state index contributed by atoms with van der Waals surface area (Å²) in [6.45, 7) is 0. The van der Waals surface area contributed by atoms with Crippen LogP contribution >= 0.6 is 23.2 Å². The second-order valence-corrected chi connectivity index (χ2v) is 3.52. The van der Waals surface area contributed by atoms with E-state index in [0.29, 0.717) is 0 Å². The molecular formula is C8H3Cl2F3N2O. The first-order chi connectivity index (χ1) is 7.29. The van der Waals surface area contributed by atoms with Crippen molar-refractivity contribution in [1.82, 2.24) is 4.98 Å². The molecule has 0 aliphatic rings. The van der Waals surface area contributed by atoms with Crippen molar-refractivity contribution < 1.29 is 13.2 Å². The molecule has 0 spiro atoms. The number of pyridine rings is 1. The third kappa shape index (κ3) is 2.31. The van der Waals surface area contributed by atoms with Gasteiger partial charge in [0.15, 0.2) is 0 Å². The van der Waals surface area contributed by atoms with Crippen molar-refractivity contribution in [3.63, 3.8) is 0 Å². The first kappa shape index (κ1) is 12.9. The standard InChI is InChI=1S/C8H3Cl2F3N2O/c9-5-3(1-2-14)15-7(16)6(10)4(5)8(11,12)13/h1H2,(H,15,16). The summed E-state index contributed by atoms with van der Waals surface area (Å²) in [6, 6.07) is 1.59. The molecule has 0 aliphatic heterocycles. The highest BCUT2D eigenvalue weighted by Crippen LogP contribution is 2.38. The normalized spacial score (nSPS) is 11.2.